The minimum atomic E-state index is -0.124. The Bertz CT molecular complexity index is 967. The molecule has 0 aliphatic heterocycles. The van der Waals surface area contributed by atoms with Crippen LogP contribution in [0.15, 0.2) is 35.4 Å². The molecule has 0 atom stereocenters. The Balaban J connectivity index is 1.27. The van der Waals surface area contributed by atoms with Crippen LogP contribution < -0.4 is 5.32 Å². The van der Waals surface area contributed by atoms with E-state index in [1.165, 1.54) is 19.3 Å². The van der Waals surface area contributed by atoms with Gasteiger partial charge in [0.15, 0.2) is 5.82 Å². The number of imidazole rings is 1. The van der Waals surface area contributed by atoms with Crippen molar-refractivity contribution in [2.45, 2.75) is 56.9 Å². The van der Waals surface area contributed by atoms with Gasteiger partial charge in [-0.25, -0.2) is 9.97 Å². The Morgan fingerprint density at radius 1 is 1.11 bits per heavy atom. The summed E-state index contributed by atoms with van der Waals surface area (Å²) in [5, 5.41) is 7.12. The lowest BCUT2D eigenvalue weighted by Gasteiger charge is -2.22. The molecule has 8 heteroatoms. The number of pyridine rings is 1. The molecule has 5 rings (SSSR count). The van der Waals surface area contributed by atoms with Crippen LogP contribution in [0.1, 0.15) is 67.2 Å². The quantitative estimate of drug-likeness (QED) is 0.732. The highest BCUT2D eigenvalue weighted by atomic mass is 16.5. The number of carbonyl (C=O) groups excluding carboxylic acids is 1. The zero-order valence-corrected chi connectivity index (χ0v) is 15.5. The van der Waals surface area contributed by atoms with Crippen LogP contribution in [0.2, 0.25) is 0 Å². The molecular weight excluding hydrogens is 356 g/mol. The molecule has 2 aliphatic carbocycles. The van der Waals surface area contributed by atoms with Crippen molar-refractivity contribution in [1.82, 2.24) is 30.0 Å². The molecule has 0 saturated heterocycles. The number of hydrogen-bond donors (Lipinski definition) is 1. The topological polar surface area (TPSA) is 98.7 Å². The van der Waals surface area contributed by atoms with Crippen LogP contribution in [0.3, 0.4) is 0 Å². The fourth-order valence-electron chi connectivity index (χ4n) is 3.60. The van der Waals surface area contributed by atoms with Crippen molar-refractivity contribution in [2.24, 2.45) is 0 Å². The van der Waals surface area contributed by atoms with Crippen molar-refractivity contribution in [3.8, 4) is 17.3 Å². The lowest BCUT2D eigenvalue weighted by atomic mass is 9.95. The maximum Gasteiger partial charge on any atom is 0.271 e. The number of carbonyl (C=O) groups is 1. The first-order valence-corrected chi connectivity index (χ1v) is 9.91. The van der Waals surface area contributed by atoms with Gasteiger partial charge in [0.05, 0.1) is 5.56 Å². The predicted molar refractivity (Wildman–Crippen MR) is 101 cm³/mol. The predicted octanol–water partition coefficient (Wildman–Crippen LogP) is 3.26. The van der Waals surface area contributed by atoms with Gasteiger partial charge in [0.2, 0.25) is 0 Å². The van der Waals surface area contributed by atoms with Gasteiger partial charge in [-0.2, -0.15) is 4.98 Å². The SMILES string of the molecule is O=C(NC1CCCCC1)c1cn(-c2ccc(-c3nc(C4CC4)no3)cn2)cn1. The monoisotopic (exact) mass is 378 g/mol. The zero-order chi connectivity index (χ0) is 18.9. The normalized spacial score (nSPS) is 17.6. The van der Waals surface area contributed by atoms with Gasteiger partial charge >= 0.3 is 0 Å². The number of aromatic nitrogens is 5. The fraction of sp³-hybridized carbons (Fsp3) is 0.450. The highest BCUT2D eigenvalue weighted by Gasteiger charge is 2.29. The molecule has 0 spiro atoms. The van der Waals surface area contributed by atoms with Crippen molar-refractivity contribution in [3.05, 3.63) is 42.4 Å². The van der Waals surface area contributed by atoms with Crippen molar-refractivity contribution in [1.29, 1.82) is 0 Å². The van der Waals surface area contributed by atoms with E-state index in [1.54, 1.807) is 23.3 Å². The highest BCUT2D eigenvalue weighted by Crippen LogP contribution is 2.38. The number of nitrogens with one attached hydrogen (secondary N) is 1. The van der Waals surface area contributed by atoms with Crippen LogP contribution in [-0.2, 0) is 0 Å². The van der Waals surface area contributed by atoms with Gasteiger partial charge in [-0.1, -0.05) is 24.4 Å². The molecule has 2 aliphatic rings. The lowest BCUT2D eigenvalue weighted by Crippen LogP contribution is -2.36. The number of rotatable bonds is 5. The summed E-state index contributed by atoms with van der Waals surface area (Å²) in [7, 11) is 0. The summed E-state index contributed by atoms with van der Waals surface area (Å²) in [5.74, 6) is 2.27. The third-order valence-electron chi connectivity index (χ3n) is 5.40. The van der Waals surface area contributed by atoms with Crippen molar-refractivity contribution < 1.29 is 9.32 Å². The van der Waals surface area contributed by atoms with Gasteiger partial charge < -0.3 is 9.84 Å². The first-order chi connectivity index (χ1) is 13.8. The molecular formula is C20H22N6O2. The molecule has 0 unspecified atom stereocenters. The molecule has 3 aromatic rings. The maximum atomic E-state index is 12.4. The summed E-state index contributed by atoms with van der Waals surface area (Å²) in [6.07, 6.45) is 13.0. The van der Waals surface area contributed by atoms with Crippen LogP contribution in [0.25, 0.3) is 17.3 Å². The van der Waals surface area contributed by atoms with Crippen LogP contribution in [0, 0.1) is 0 Å². The Hall–Kier alpha value is -3.03. The van der Waals surface area contributed by atoms with Gasteiger partial charge in [0.1, 0.15) is 17.8 Å². The minimum absolute atomic E-state index is 0.124. The van der Waals surface area contributed by atoms with E-state index in [0.29, 0.717) is 23.3 Å². The standard InChI is InChI=1S/C20H22N6O2/c27-19(23-15-4-2-1-3-5-15)16-11-26(12-22-16)17-9-8-14(10-21-17)20-24-18(25-28-20)13-6-7-13/h8-13,15H,1-7H2,(H,23,27). The molecule has 1 amide bonds. The maximum absolute atomic E-state index is 12.4. The van der Waals surface area contributed by atoms with Gasteiger partial charge in [-0.05, 0) is 37.8 Å². The summed E-state index contributed by atoms with van der Waals surface area (Å²) in [6, 6.07) is 3.99. The summed E-state index contributed by atoms with van der Waals surface area (Å²) >= 11 is 0. The second kappa shape index (κ2) is 7.18. The van der Waals surface area contributed by atoms with Crippen molar-refractivity contribution >= 4 is 5.91 Å². The smallest absolute Gasteiger partial charge is 0.271 e. The Morgan fingerprint density at radius 2 is 1.96 bits per heavy atom. The van der Waals surface area contributed by atoms with E-state index in [9.17, 15) is 4.79 Å². The Kier molecular flexibility index (Phi) is 4.38. The Labute approximate surface area is 162 Å². The highest BCUT2D eigenvalue weighted by molar-refractivity contribution is 5.92. The molecule has 8 nitrogen and oxygen atoms in total. The second-order valence-corrected chi connectivity index (χ2v) is 7.61. The average Bonchev–Trinajstić information content (AvgIpc) is 3.26. The van der Waals surface area contributed by atoms with Gasteiger partial charge in [0.25, 0.3) is 11.8 Å². The molecule has 0 aromatic carbocycles. The number of hydrogen-bond acceptors (Lipinski definition) is 6. The summed E-state index contributed by atoms with van der Waals surface area (Å²) in [5.41, 5.74) is 1.18. The molecule has 2 saturated carbocycles. The van der Waals surface area contributed by atoms with Crippen molar-refractivity contribution in [3.63, 3.8) is 0 Å². The van der Waals surface area contributed by atoms with Crippen LogP contribution in [-0.4, -0.2) is 36.6 Å². The van der Waals surface area contributed by atoms with Gasteiger partial charge in [-0.15, -0.1) is 0 Å². The number of nitrogens with zero attached hydrogens (tertiary/aromatic N) is 5. The van der Waals surface area contributed by atoms with E-state index in [1.807, 2.05) is 12.1 Å². The van der Waals surface area contributed by atoms with E-state index in [4.69, 9.17) is 4.52 Å². The third-order valence-corrected chi connectivity index (χ3v) is 5.40. The van der Waals surface area contributed by atoms with E-state index >= 15 is 0 Å². The van der Waals surface area contributed by atoms with Gasteiger partial charge in [0, 0.05) is 24.4 Å². The molecule has 0 radical (unpaired) electrons. The molecule has 28 heavy (non-hydrogen) atoms. The first-order valence-electron chi connectivity index (χ1n) is 9.91. The zero-order valence-electron chi connectivity index (χ0n) is 15.5. The van der Waals surface area contributed by atoms with Crippen LogP contribution in [0.4, 0.5) is 0 Å². The molecule has 144 valence electrons. The number of amides is 1. The van der Waals surface area contributed by atoms with E-state index in [0.717, 1.165) is 37.1 Å². The fourth-order valence-corrected chi connectivity index (χ4v) is 3.60. The molecule has 3 aromatic heterocycles. The molecule has 2 fully saturated rings. The minimum Gasteiger partial charge on any atom is -0.348 e. The van der Waals surface area contributed by atoms with E-state index < -0.39 is 0 Å². The van der Waals surface area contributed by atoms with Crippen molar-refractivity contribution in [2.75, 3.05) is 0 Å². The Morgan fingerprint density at radius 3 is 2.71 bits per heavy atom. The average molecular weight is 378 g/mol. The lowest BCUT2D eigenvalue weighted by molar-refractivity contribution is 0.0923. The first kappa shape index (κ1) is 17.1. The summed E-state index contributed by atoms with van der Waals surface area (Å²) in [6.45, 7) is 0. The van der Waals surface area contributed by atoms with Crippen LogP contribution in [0.5, 0.6) is 0 Å². The summed E-state index contributed by atoms with van der Waals surface area (Å²) < 4.78 is 7.07. The van der Waals surface area contributed by atoms with E-state index in [2.05, 4.69) is 25.4 Å². The summed E-state index contributed by atoms with van der Waals surface area (Å²) in [4.78, 5) is 25.5. The molecule has 1 N–H and O–H groups in total. The third kappa shape index (κ3) is 3.54. The van der Waals surface area contributed by atoms with Gasteiger partial charge in [-0.3, -0.25) is 9.36 Å². The van der Waals surface area contributed by atoms with E-state index in [-0.39, 0.29) is 11.9 Å². The molecule has 0 bridgehead atoms. The van der Waals surface area contributed by atoms with Crippen LogP contribution >= 0.6 is 0 Å². The largest absolute Gasteiger partial charge is 0.348 e. The molecule has 3 heterocycles. The second-order valence-electron chi connectivity index (χ2n) is 7.61.